The monoisotopic (exact) mass is 412 g/mol. The molecule has 3 rings (SSSR count). The molecule has 25 heavy (non-hydrogen) atoms. The predicted molar refractivity (Wildman–Crippen MR) is 103 cm³/mol. The second-order valence-electron chi connectivity index (χ2n) is 5.22. The van der Waals surface area contributed by atoms with E-state index in [0.717, 1.165) is 14.8 Å². The first-order valence-corrected chi connectivity index (χ1v) is 9.86. The Morgan fingerprint density at radius 3 is 2.68 bits per heavy atom. The van der Waals surface area contributed by atoms with Gasteiger partial charge >= 0.3 is 0 Å². The fourth-order valence-corrected chi connectivity index (χ4v) is 4.05. The number of halogens is 2. The standard InChI is InChI=1S/C16H14Cl2N4OS2/c1-22(8-12-6-7-13(18)25-12)14(23)9-24-16-19-15(20-21-16)10-2-4-11(17)5-3-10/h2-7H,8-9H2,1H3,(H,19,20,21). The van der Waals surface area contributed by atoms with Gasteiger partial charge in [-0.1, -0.05) is 35.0 Å². The molecule has 0 spiro atoms. The average molecular weight is 413 g/mol. The molecule has 0 atom stereocenters. The van der Waals surface area contributed by atoms with Crippen molar-refractivity contribution in [3.05, 3.63) is 50.6 Å². The summed E-state index contributed by atoms with van der Waals surface area (Å²) < 4.78 is 0.723. The van der Waals surface area contributed by atoms with Crippen LogP contribution in [-0.4, -0.2) is 38.8 Å². The Bertz CT molecular complexity index is 863. The van der Waals surface area contributed by atoms with Crippen LogP contribution in [0.4, 0.5) is 0 Å². The van der Waals surface area contributed by atoms with Gasteiger partial charge in [-0.3, -0.25) is 9.89 Å². The fourth-order valence-electron chi connectivity index (χ4n) is 2.04. The molecule has 0 radical (unpaired) electrons. The molecular weight excluding hydrogens is 399 g/mol. The molecule has 0 aliphatic rings. The molecule has 1 amide bonds. The van der Waals surface area contributed by atoms with E-state index in [1.54, 1.807) is 24.1 Å². The molecule has 0 saturated carbocycles. The van der Waals surface area contributed by atoms with Crippen molar-refractivity contribution in [2.45, 2.75) is 11.7 Å². The van der Waals surface area contributed by atoms with E-state index in [4.69, 9.17) is 23.2 Å². The molecule has 1 N–H and O–H groups in total. The summed E-state index contributed by atoms with van der Waals surface area (Å²) in [6, 6.07) is 11.1. The minimum absolute atomic E-state index is 0.00682. The number of rotatable bonds is 6. The molecule has 2 heterocycles. The van der Waals surface area contributed by atoms with E-state index >= 15 is 0 Å². The minimum Gasteiger partial charge on any atom is -0.340 e. The molecule has 0 unspecified atom stereocenters. The van der Waals surface area contributed by atoms with Gasteiger partial charge in [0.05, 0.1) is 16.6 Å². The zero-order valence-electron chi connectivity index (χ0n) is 13.2. The summed E-state index contributed by atoms with van der Waals surface area (Å²) in [4.78, 5) is 19.4. The van der Waals surface area contributed by atoms with Gasteiger partial charge in [0.25, 0.3) is 0 Å². The summed E-state index contributed by atoms with van der Waals surface area (Å²) in [5.74, 6) is 0.925. The molecule has 0 aliphatic heterocycles. The lowest BCUT2D eigenvalue weighted by atomic mass is 10.2. The Hall–Kier alpha value is -1.54. The number of carbonyl (C=O) groups is 1. The largest absolute Gasteiger partial charge is 0.340 e. The number of thioether (sulfide) groups is 1. The first kappa shape index (κ1) is 18.3. The quantitative estimate of drug-likeness (QED) is 0.601. The van der Waals surface area contributed by atoms with Gasteiger partial charge in [0.2, 0.25) is 11.1 Å². The third-order valence-electron chi connectivity index (χ3n) is 3.35. The van der Waals surface area contributed by atoms with Crippen molar-refractivity contribution in [1.82, 2.24) is 20.1 Å². The number of hydrogen-bond acceptors (Lipinski definition) is 5. The van der Waals surface area contributed by atoms with E-state index in [2.05, 4.69) is 15.2 Å². The van der Waals surface area contributed by atoms with E-state index < -0.39 is 0 Å². The number of hydrogen-bond donors (Lipinski definition) is 1. The molecule has 0 saturated heterocycles. The highest BCUT2D eigenvalue weighted by Crippen LogP contribution is 2.23. The third-order valence-corrected chi connectivity index (χ3v) is 5.65. The van der Waals surface area contributed by atoms with Gasteiger partial charge < -0.3 is 4.90 Å². The normalized spacial score (nSPS) is 10.8. The van der Waals surface area contributed by atoms with E-state index in [9.17, 15) is 4.79 Å². The molecule has 5 nitrogen and oxygen atoms in total. The summed E-state index contributed by atoms with van der Waals surface area (Å²) in [5.41, 5.74) is 0.891. The van der Waals surface area contributed by atoms with Gasteiger partial charge in [-0.05, 0) is 36.4 Å². The molecule has 2 aromatic heterocycles. The molecule has 0 aliphatic carbocycles. The van der Waals surface area contributed by atoms with Crippen molar-refractivity contribution in [2.75, 3.05) is 12.8 Å². The Kier molecular flexibility index (Phi) is 6.01. The lowest BCUT2D eigenvalue weighted by molar-refractivity contribution is -0.127. The van der Waals surface area contributed by atoms with Crippen LogP contribution < -0.4 is 0 Å². The van der Waals surface area contributed by atoms with Crippen LogP contribution in [0.2, 0.25) is 9.36 Å². The Morgan fingerprint density at radius 1 is 1.24 bits per heavy atom. The van der Waals surface area contributed by atoms with Crippen molar-refractivity contribution in [2.24, 2.45) is 0 Å². The maximum absolute atomic E-state index is 12.2. The van der Waals surface area contributed by atoms with Crippen LogP contribution in [-0.2, 0) is 11.3 Å². The lowest BCUT2D eigenvalue weighted by Crippen LogP contribution is -2.27. The minimum atomic E-state index is 0.00682. The van der Waals surface area contributed by atoms with E-state index in [0.29, 0.717) is 22.5 Å². The first-order valence-electron chi connectivity index (χ1n) is 7.30. The maximum Gasteiger partial charge on any atom is 0.233 e. The molecule has 3 aromatic rings. The summed E-state index contributed by atoms with van der Waals surface area (Å²) in [5, 5.41) is 8.21. The Balaban J connectivity index is 1.54. The first-order chi connectivity index (χ1) is 12.0. The van der Waals surface area contributed by atoms with Gasteiger partial charge in [0.15, 0.2) is 5.82 Å². The second kappa shape index (κ2) is 8.23. The Morgan fingerprint density at radius 2 is 2.00 bits per heavy atom. The van der Waals surface area contributed by atoms with Crippen LogP contribution in [0.25, 0.3) is 11.4 Å². The molecular formula is C16H14Cl2N4OS2. The number of nitrogens with one attached hydrogen (secondary N) is 1. The van der Waals surface area contributed by atoms with Crippen molar-refractivity contribution < 1.29 is 4.79 Å². The number of amides is 1. The van der Waals surface area contributed by atoms with Crippen LogP contribution in [0.5, 0.6) is 0 Å². The van der Waals surface area contributed by atoms with Crippen molar-refractivity contribution >= 4 is 52.2 Å². The smallest absolute Gasteiger partial charge is 0.233 e. The molecule has 130 valence electrons. The van der Waals surface area contributed by atoms with E-state index in [1.807, 2.05) is 24.3 Å². The molecule has 1 aromatic carbocycles. The van der Waals surface area contributed by atoms with E-state index in [-0.39, 0.29) is 11.7 Å². The highest BCUT2D eigenvalue weighted by Gasteiger charge is 2.13. The molecule has 0 fully saturated rings. The number of carbonyl (C=O) groups excluding carboxylic acids is 1. The molecule has 9 heteroatoms. The summed E-state index contributed by atoms with van der Waals surface area (Å²) in [6.07, 6.45) is 0. The van der Waals surface area contributed by atoms with Crippen LogP contribution in [0.1, 0.15) is 4.88 Å². The number of nitrogens with zero attached hydrogens (tertiary/aromatic N) is 3. The van der Waals surface area contributed by atoms with Crippen molar-refractivity contribution in [1.29, 1.82) is 0 Å². The number of aromatic nitrogens is 3. The van der Waals surface area contributed by atoms with Crippen LogP contribution in [0, 0.1) is 0 Å². The zero-order chi connectivity index (χ0) is 17.8. The van der Waals surface area contributed by atoms with Gasteiger partial charge in [-0.2, -0.15) is 0 Å². The summed E-state index contributed by atoms with van der Waals surface area (Å²) in [6.45, 7) is 0.542. The lowest BCUT2D eigenvalue weighted by Gasteiger charge is -2.15. The van der Waals surface area contributed by atoms with Crippen molar-refractivity contribution in [3.63, 3.8) is 0 Å². The fraction of sp³-hybridized carbons (Fsp3) is 0.188. The van der Waals surface area contributed by atoms with Gasteiger partial charge in [-0.25, -0.2) is 4.98 Å². The summed E-state index contributed by atoms with van der Waals surface area (Å²) >= 11 is 14.6. The second-order valence-corrected chi connectivity index (χ2v) is 8.40. The number of benzene rings is 1. The number of aromatic amines is 1. The topological polar surface area (TPSA) is 61.9 Å². The predicted octanol–water partition coefficient (Wildman–Crippen LogP) is 4.59. The number of H-pyrrole nitrogens is 1. The van der Waals surface area contributed by atoms with Gasteiger partial charge in [0.1, 0.15) is 0 Å². The van der Waals surface area contributed by atoms with Crippen LogP contribution in [0.3, 0.4) is 0 Å². The molecule has 0 bridgehead atoms. The Labute approximate surface area is 163 Å². The van der Waals surface area contributed by atoms with Gasteiger partial charge in [0, 0.05) is 22.5 Å². The SMILES string of the molecule is CN(Cc1ccc(Cl)s1)C(=O)CSc1n[nH]c(-c2ccc(Cl)cc2)n1. The average Bonchev–Trinajstić information content (AvgIpc) is 3.22. The van der Waals surface area contributed by atoms with Crippen LogP contribution >= 0.6 is 46.3 Å². The van der Waals surface area contributed by atoms with Crippen LogP contribution in [0.15, 0.2) is 41.6 Å². The zero-order valence-corrected chi connectivity index (χ0v) is 16.3. The third kappa shape index (κ3) is 4.98. The van der Waals surface area contributed by atoms with Gasteiger partial charge in [-0.15, -0.1) is 16.4 Å². The summed E-state index contributed by atoms with van der Waals surface area (Å²) in [7, 11) is 1.77. The highest BCUT2D eigenvalue weighted by molar-refractivity contribution is 7.99. The maximum atomic E-state index is 12.2. The number of thiophene rings is 1. The highest BCUT2D eigenvalue weighted by atomic mass is 35.5. The van der Waals surface area contributed by atoms with Crippen molar-refractivity contribution in [3.8, 4) is 11.4 Å². The van der Waals surface area contributed by atoms with E-state index in [1.165, 1.54) is 23.1 Å².